The van der Waals surface area contributed by atoms with Crippen LogP contribution in [0.25, 0.3) is 0 Å². The molecule has 2 aromatic carbocycles. The van der Waals surface area contributed by atoms with Gasteiger partial charge < -0.3 is 10.1 Å². The predicted molar refractivity (Wildman–Crippen MR) is 96.8 cm³/mol. The van der Waals surface area contributed by atoms with E-state index in [0.717, 1.165) is 6.42 Å². The lowest BCUT2D eigenvalue weighted by molar-refractivity contribution is 0.0934. The molecule has 3 rings (SSSR count). The van der Waals surface area contributed by atoms with Crippen molar-refractivity contribution in [3.8, 4) is 0 Å². The molecule has 2 amide bonds. The van der Waals surface area contributed by atoms with Crippen LogP contribution in [0.15, 0.2) is 48.5 Å². The second-order valence-corrected chi connectivity index (χ2v) is 6.90. The highest BCUT2D eigenvalue weighted by Gasteiger charge is 2.37. The first-order valence-electron chi connectivity index (χ1n) is 8.26. The van der Waals surface area contributed by atoms with Gasteiger partial charge in [-0.2, -0.15) is 0 Å². The summed E-state index contributed by atoms with van der Waals surface area (Å²) in [5.41, 5.74) is 3.50. The lowest BCUT2D eigenvalue weighted by Crippen LogP contribution is -2.28. The molecule has 0 aromatic heterocycles. The van der Waals surface area contributed by atoms with Crippen LogP contribution < -0.4 is 10.6 Å². The fourth-order valence-corrected chi connectivity index (χ4v) is 3.42. The molecule has 0 saturated heterocycles. The number of rotatable bonds is 3. The number of carbonyl (C=O) groups excluding carboxylic acids is 2. The Bertz CT molecular complexity index is 814. The molecular weight excluding hydrogens is 316 g/mol. The van der Waals surface area contributed by atoms with E-state index >= 15 is 0 Å². The number of methoxy groups -OCH3 is 1. The van der Waals surface area contributed by atoms with Crippen molar-refractivity contribution < 1.29 is 14.3 Å². The summed E-state index contributed by atoms with van der Waals surface area (Å²) in [4.78, 5) is 24.0. The van der Waals surface area contributed by atoms with Gasteiger partial charge in [0.05, 0.1) is 13.2 Å². The number of amides is 2. The molecule has 0 bridgehead atoms. The fourth-order valence-electron chi connectivity index (χ4n) is 3.42. The fraction of sp³-hybridized carbons (Fsp3) is 0.300. The van der Waals surface area contributed by atoms with Gasteiger partial charge in [0.1, 0.15) is 0 Å². The van der Waals surface area contributed by atoms with E-state index in [0.29, 0.717) is 11.3 Å². The van der Waals surface area contributed by atoms with Gasteiger partial charge in [-0.05, 0) is 41.2 Å². The number of ether oxygens (including phenoxy) is 1. The molecular formula is C20H22N2O3. The van der Waals surface area contributed by atoms with E-state index in [1.807, 2.05) is 12.1 Å². The van der Waals surface area contributed by atoms with Crippen molar-refractivity contribution in [2.45, 2.75) is 31.7 Å². The monoisotopic (exact) mass is 338 g/mol. The smallest absolute Gasteiger partial charge is 0.411 e. The topological polar surface area (TPSA) is 67.4 Å². The Morgan fingerprint density at radius 1 is 1.12 bits per heavy atom. The molecule has 25 heavy (non-hydrogen) atoms. The van der Waals surface area contributed by atoms with E-state index in [2.05, 4.69) is 41.4 Å². The maximum atomic E-state index is 12.7. The highest BCUT2D eigenvalue weighted by atomic mass is 16.5. The molecule has 2 N–H and O–H groups in total. The zero-order chi connectivity index (χ0) is 18.0. The van der Waals surface area contributed by atoms with Crippen LogP contribution in [0.3, 0.4) is 0 Å². The van der Waals surface area contributed by atoms with Gasteiger partial charge in [-0.3, -0.25) is 10.1 Å². The van der Waals surface area contributed by atoms with Crippen LogP contribution >= 0.6 is 0 Å². The van der Waals surface area contributed by atoms with Gasteiger partial charge in [-0.15, -0.1) is 0 Å². The van der Waals surface area contributed by atoms with E-state index in [1.165, 1.54) is 18.2 Å². The summed E-state index contributed by atoms with van der Waals surface area (Å²) in [7, 11) is 1.30. The molecule has 1 aliphatic carbocycles. The first-order chi connectivity index (χ1) is 11.9. The van der Waals surface area contributed by atoms with Crippen LogP contribution in [-0.4, -0.2) is 19.1 Å². The van der Waals surface area contributed by atoms with Crippen molar-refractivity contribution in [1.82, 2.24) is 5.32 Å². The Balaban J connectivity index is 1.78. The zero-order valence-corrected chi connectivity index (χ0v) is 14.6. The van der Waals surface area contributed by atoms with Gasteiger partial charge in [-0.1, -0.05) is 44.2 Å². The lowest BCUT2D eigenvalue weighted by Gasteiger charge is -2.19. The average Bonchev–Trinajstić information content (AvgIpc) is 2.86. The second-order valence-electron chi connectivity index (χ2n) is 6.90. The van der Waals surface area contributed by atoms with Gasteiger partial charge in [0, 0.05) is 11.3 Å². The molecule has 0 spiro atoms. The van der Waals surface area contributed by atoms with Gasteiger partial charge in [0.15, 0.2) is 0 Å². The summed E-state index contributed by atoms with van der Waals surface area (Å²) < 4.78 is 4.57. The molecule has 5 nitrogen and oxygen atoms in total. The highest BCUT2D eigenvalue weighted by molar-refractivity contribution is 5.96. The van der Waals surface area contributed by atoms with E-state index in [4.69, 9.17) is 0 Å². The second kappa shape index (κ2) is 6.59. The first-order valence-corrected chi connectivity index (χ1v) is 8.26. The van der Waals surface area contributed by atoms with Crippen molar-refractivity contribution in [2.24, 2.45) is 0 Å². The number of anilines is 1. The summed E-state index contributed by atoms with van der Waals surface area (Å²) in [5, 5.41) is 5.69. The normalized spacial score (nSPS) is 17.5. The summed E-state index contributed by atoms with van der Waals surface area (Å²) in [5.74, 6) is -0.161. The Hall–Kier alpha value is -2.82. The Morgan fingerprint density at radius 2 is 1.88 bits per heavy atom. The maximum Gasteiger partial charge on any atom is 0.411 e. The molecule has 5 heteroatoms. The molecule has 0 radical (unpaired) electrons. The summed E-state index contributed by atoms with van der Waals surface area (Å²) >= 11 is 0. The third-order valence-corrected chi connectivity index (χ3v) is 4.64. The SMILES string of the molecule is COC(=O)Nc1cccc(C(=O)NC2CC(C)(C)c3ccccc32)c1. The van der Waals surface area contributed by atoms with Gasteiger partial charge in [-0.25, -0.2) is 4.79 Å². The number of nitrogens with one attached hydrogen (secondary N) is 2. The molecule has 0 heterocycles. The van der Waals surface area contributed by atoms with Crippen molar-refractivity contribution in [2.75, 3.05) is 12.4 Å². The number of fused-ring (bicyclic) bond motifs is 1. The summed E-state index contributed by atoms with van der Waals surface area (Å²) in [6.07, 6.45) is 0.294. The molecule has 1 aliphatic rings. The minimum atomic E-state index is -0.566. The zero-order valence-electron chi connectivity index (χ0n) is 14.6. The predicted octanol–water partition coefficient (Wildman–Crippen LogP) is 4.02. The van der Waals surface area contributed by atoms with Crippen molar-refractivity contribution in [1.29, 1.82) is 0 Å². The minimum absolute atomic E-state index is 0.0177. The molecule has 0 saturated carbocycles. The van der Waals surface area contributed by atoms with E-state index in [9.17, 15) is 9.59 Å². The number of carbonyl (C=O) groups is 2. The molecule has 2 aromatic rings. The van der Waals surface area contributed by atoms with Crippen LogP contribution in [0.2, 0.25) is 0 Å². The van der Waals surface area contributed by atoms with E-state index in [1.54, 1.807) is 24.3 Å². The largest absolute Gasteiger partial charge is 0.453 e. The summed E-state index contributed by atoms with van der Waals surface area (Å²) in [6.45, 7) is 4.39. The number of hydrogen-bond donors (Lipinski definition) is 2. The van der Waals surface area contributed by atoms with Crippen molar-refractivity contribution in [3.63, 3.8) is 0 Å². The third-order valence-electron chi connectivity index (χ3n) is 4.64. The first kappa shape index (κ1) is 17.0. The minimum Gasteiger partial charge on any atom is -0.453 e. The van der Waals surface area contributed by atoms with Crippen LogP contribution in [-0.2, 0) is 10.2 Å². The maximum absolute atomic E-state index is 12.7. The van der Waals surface area contributed by atoms with Crippen LogP contribution in [0.4, 0.5) is 10.5 Å². The van der Waals surface area contributed by atoms with Crippen LogP contribution in [0, 0.1) is 0 Å². The average molecular weight is 338 g/mol. The van der Waals surface area contributed by atoms with Crippen molar-refractivity contribution in [3.05, 3.63) is 65.2 Å². The van der Waals surface area contributed by atoms with Crippen molar-refractivity contribution >= 4 is 17.7 Å². The Labute approximate surface area is 147 Å². The standard InChI is InChI=1S/C20H22N2O3/c1-20(2)12-17(15-9-4-5-10-16(15)20)22-18(23)13-7-6-8-14(11-13)21-19(24)25-3/h4-11,17H,12H2,1-3H3,(H,21,24)(H,22,23). The highest BCUT2D eigenvalue weighted by Crippen LogP contribution is 2.44. The molecule has 1 unspecified atom stereocenters. The summed E-state index contributed by atoms with van der Waals surface area (Å²) in [6, 6.07) is 15.0. The molecule has 1 atom stereocenters. The Kier molecular flexibility index (Phi) is 4.49. The Morgan fingerprint density at radius 3 is 2.64 bits per heavy atom. The quantitative estimate of drug-likeness (QED) is 0.888. The molecule has 130 valence electrons. The number of hydrogen-bond acceptors (Lipinski definition) is 3. The van der Waals surface area contributed by atoms with Crippen LogP contribution in [0.5, 0.6) is 0 Å². The third kappa shape index (κ3) is 3.50. The van der Waals surface area contributed by atoms with Crippen LogP contribution in [0.1, 0.15) is 47.8 Å². The molecule has 0 aliphatic heterocycles. The van der Waals surface area contributed by atoms with E-state index in [-0.39, 0.29) is 17.4 Å². The van der Waals surface area contributed by atoms with E-state index < -0.39 is 6.09 Å². The lowest BCUT2D eigenvalue weighted by atomic mass is 9.86. The van der Waals surface area contributed by atoms with Gasteiger partial charge in [0.25, 0.3) is 5.91 Å². The number of benzene rings is 2. The molecule has 0 fully saturated rings. The van der Waals surface area contributed by atoms with Gasteiger partial charge >= 0.3 is 6.09 Å². The van der Waals surface area contributed by atoms with Gasteiger partial charge in [0.2, 0.25) is 0 Å².